The Bertz CT molecular complexity index is 1130. The molecule has 1 aromatic rings. The van der Waals surface area contributed by atoms with Gasteiger partial charge in [-0.3, -0.25) is 9.59 Å². The van der Waals surface area contributed by atoms with Crippen LogP contribution in [0.5, 0.6) is 0 Å². The summed E-state index contributed by atoms with van der Waals surface area (Å²) in [5.74, 6) is 8.42. The number of amides is 1. The lowest BCUT2D eigenvalue weighted by Gasteiger charge is -2.47. The van der Waals surface area contributed by atoms with Crippen LogP contribution in [0.4, 0.5) is 5.69 Å². The summed E-state index contributed by atoms with van der Waals surface area (Å²) in [5, 5.41) is 3.31. The van der Waals surface area contributed by atoms with Gasteiger partial charge in [0.15, 0.2) is 5.78 Å². The molecule has 4 heteroatoms. The Morgan fingerprint density at radius 2 is 1.85 bits per heavy atom. The van der Waals surface area contributed by atoms with Crippen molar-refractivity contribution in [3.8, 4) is 11.8 Å². The Labute approximate surface area is 203 Å². The zero-order valence-corrected chi connectivity index (χ0v) is 20.9. The monoisotopic (exact) mass is 456 g/mol. The molecule has 4 nitrogen and oxygen atoms in total. The molecule has 178 valence electrons. The second-order valence-electron chi connectivity index (χ2n) is 10.8. The van der Waals surface area contributed by atoms with Crippen LogP contribution in [-0.2, 0) is 9.59 Å². The van der Waals surface area contributed by atoms with Crippen LogP contribution in [0.25, 0.3) is 0 Å². The minimum absolute atomic E-state index is 0.00900. The Morgan fingerprint density at radius 3 is 2.53 bits per heavy atom. The minimum atomic E-state index is -0.440. The third-order valence-corrected chi connectivity index (χ3v) is 8.74. The zero-order valence-electron chi connectivity index (χ0n) is 20.9. The predicted octanol–water partition coefficient (Wildman–Crippen LogP) is 5.16. The first-order valence-electron chi connectivity index (χ1n) is 12.8. The molecule has 1 fully saturated rings. The summed E-state index contributed by atoms with van der Waals surface area (Å²) >= 11 is 0. The lowest BCUT2D eigenvalue weighted by molar-refractivity contribution is -0.120. The normalized spacial score (nSPS) is 32.0. The van der Waals surface area contributed by atoms with E-state index in [1.54, 1.807) is 18.1 Å². The molecule has 0 aliphatic heterocycles. The van der Waals surface area contributed by atoms with E-state index < -0.39 is 5.54 Å². The number of ketones is 1. The van der Waals surface area contributed by atoms with Gasteiger partial charge in [-0.2, -0.15) is 0 Å². The highest BCUT2D eigenvalue weighted by atomic mass is 16.1. The molecule has 0 radical (unpaired) electrons. The van der Waals surface area contributed by atoms with Gasteiger partial charge in [0, 0.05) is 50.9 Å². The Hall–Kier alpha value is -2.80. The molecule has 0 bridgehead atoms. The van der Waals surface area contributed by atoms with Crippen LogP contribution in [0.1, 0.15) is 70.3 Å². The van der Waals surface area contributed by atoms with Gasteiger partial charge in [-0.1, -0.05) is 34.8 Å². The number of allylic oxidation sites excluding steroid dienone is 4. The summed E-state index contributed by atoms with van der Waals surface area (Å²) in [6.45, 7) is 3.51. The number of rotatable bonds is 3. The molecule has 4 aliphatic rings. The van der Waals surface area contributed by atoms with Crippen molar-refractivity contribution in [3.63, 3.8) is 0 Å². The van der Waals surface area contributed by atoms with Crippen molar-refractivity contribution in [3.05, 3.63) is 52.6 Å². The number of carbonyl (C=O) groups is 2. The minimum Gasteiger partial charge on any atom is -0.378 e. The van der Waals surface area contributed by atoms with E-state index in [0.29, 0.717) is 35.9 Å². The summed E-state index contributed by atoms with van der Waals surface area (Å²) in [6.07, 6.45) is 8.58. The first-order valence-corrected chi connectivity index (χ1v) is 12.8. The van der Waals surface area contributed by atoms with Crippen molar-refractivity contribution in [2.24, 2.45) is 17.8 Å². The molecule has 1 amide bonds. The highest BCUT2D eigenvalue weighted by Crippen LogP contribution is 2.60. The fourth-order valence-electron chi connectivity index (χ4n) is 7.44. The maximum atomic E-state index is 12.3. The van der Waals surface area contributed by atoms with Crippen LogP contribution in [0.15, 0.2) is 47.1 Å². The molecule has 1 aromatic carbocycles. The number of nitrogens with one attached hydrogen (secondary N) is 1. The van der Waals surface area contributed by atoms with E-state index in [-0.39, 0.29) is 5.91 Å². The van der Waals surface area contributed by atoms with E-state index >= 15 is 0 Å². The van der Waals surface area contributed by atoms with Crippen LogP contribution in [0, 0.1) is 29.6 Å². The smallest absolute Gasteiger partial charge is 0.218 e. The average molecular weight is 457 g/mol. The molecule has 0 spiro atoms. The highest BCUT2D eigenvalue weighted by Gasteiger charge is 2.54. The van der Waals surface area contributed by atoms with E-state index in [9.17, 15) is 9.59 Å². The molecule has 34 heavy (non-hydrogen) atoms. The predicted molar refractivity (Wildman–Crippen MR) is 136 cm³/mol. The lowest BCUT2D eigenvalue weighted by Crippen LogP contribution is -2.52. The van der Waals surface area contributed by atoms with Crippen LogP contribution in [0.3, 0.4) is 0 Å². The van der Waals surface area contributed by atoms with Gasteiger partial charge in [-0.05, 0) is 75.1 Å². The van der Waals surface area contributed by atoms with Crippen molar-refractivity contribution in [1.29, 1.82) is 0 Å². The third kappa shape index (κ3) is 3.80. The largest absolute Gasteiger partial charge is 0.378 e. The summed E-state index contributed by atoms with van der Waals surface area (Å²) < 4.78 is 0. The lowest BCUT2D eigenvalue weighted by atomic mass is 9.58. The van der Waals surface area contributed by atoms with E-state index in [1.165, 1.54) is 16.8 Å². The number of benzene rings is 1. The maximum absolute atomic E-state index is 12.3. The number of hydrogen-bond acceptors (Lipinski definition) is 3. The molecule has 4 aliphatic carbocycles. The number of fused-ring (bicyclic) bond motifs is 4. The number of anilines is 1. The molecule has 0 aromatic heterocycles. The van der Waals surface area contributed by atoms with Gasteiger partial charge in [0.1, 0.15) is 5.54 Å². The molecular weight excluding hydrogens is 420 g/mol. The van der Waals surface area contributed by atoms with E-state index in [0.717, 1.165) is 38.5 Å². The number of nitrogens with zero attached hydrogens (tertiary/aromatic N) is 1. The Morgan fingerprint density at radius 1 is 1.09 bits per heavy atom. The maximum Gasteiger partial charge on any atom is 0.218 e. The number of hydrogen-bond donors (Lipinski definition) is 1. The third-order valence-electron chi connectivity index (χ3n) is 8.74. The van der Waals surface area contributed by atoms with Crippen molar-refractivity contribution < 1.29 is 9.59 Å². The quantitative estimate of drug-likeness (QED) is 0.505. The van der Waals surface area contributed by atoms with E-state index in [1.807, 2.05) is 13.0 Å². The zero-order chi connectivity index (χ0) is 24.0. The van der Waals surface area contributed by atoms with Crippen LogP contribution < -0.4 is 10.2 Å². The molecular formula is C30H36N2O2. The highest BCUT2D eigenvalue weighted by molar-refractivity contribution is 5.91. The van der Waals surface area contributed by atoms with Crippen LogP contribution in [-0.4, -0.2) is 31.3 Å². The molecule has 5 atom stereocenters. The van der Waals surface area contributed by atoms with Gasteiger partial charge in [-0.15, -0.1) is 5.92 Å². The van der Waals surface area contributed by atoms with Crippen molar-refractivity contribution in [2.75, 3.05) is 19.0 Å². The molecule has 0 saturated heterocycles. The SMILES string of the molecule is CC#C[C@]1(NC(C)=O)CCC2C3=C(C4CCC(=O)C=C4CC3)[C@@H](c3ccc(N(C)C)cc3)CC21. The van der Waals surface area contributed by atoms with Gasteiger partial charge in [-0.25, -0.2) is 0 Å². The van der Waals surface area contributed by atoms with Crippen molar-refractivity contribution in [1.82, 2.24) is 5.32 Å². The van der Waals surface area contributed by atoms with Gasteiger partial charge >= 0.3 is 0 Å². The van der Waals surface area contributed by atoms with Crippen LogP contribution >= 0.6 is 0 Å². The Balaban J connectivity index is 1.63. The molecule has 3 unspecified atom stereocenters. The standard InChI is InChI=1S/C30H36N2O2/c1-5-15-30(31-19(2)33)16-14-25-26-12-8-21-17-23(34)11-13-24(21)29(26)27(18-28(25)30)20-6-9-22(10-7-20)32(3)4/h6-7,9-10,17,24-25,27-28H,8,11-14,16,18H2,1-4H3,(H,31,33)/t24?,25?,27-,28?,30+/m1/s1. The van der Waals surface area contributed by atoms with Crippen molar-refractivity contribution in [2.45, 2.75) is 70.3 Å². The van der Waals surface area contributed by atoms with Gasteiger partial charge in [0.05, 0.1) is 0 Å². The summed E-state index contributed by atoms with van der Waals surface area (Å²) in [7, 11) is 4.14. The number of carbonyl (C=O) groups excluding carboxylic acids is 2. The summed E-state index contributed by atoms with van der Waals surface area (Å²) in [6, 6.07) is 9.01. The van der Waals surface area contributed by atoms with Gasteiger partial charge < -0.3 is 10.2 Å². The molecule has 1 saturated carbocycles. The average Bonchev–Trinajstić information content (AvgIpc) is 3.15. The summed E-state index contributed by atoms with van der Waals surface area (Å²) in [4.78, 5) is 26.6. The molecule has 0 heterocycles. The fraction of sp³-hybridized carbons (Fsp3) is 0.533. The summed E-state index contributed by atoms with van der Waals surface area (Å²) in [5.41, 5.74) is 6.66. The topological polar surface area (TPSA) is 49.4 Å². The van der Waals surface area contributed by atoms with Gasteiger partial charge in [0.25, 0.3) is 0 Å². The Kier molecular flexibility index (Phi) is 5.92. The van der Waals surface area contributed by atoms with Crippen molar-refractivity contribution >= 4 is 17.4 Å². The van der Waals surface area contributed by atoms with Crippen LogP contribution in [0.2, 0.25) is 0 Å². The van der Waals surface area contributed by atoms with E-state index in [2.05, 4.69) is 60.4 Å². The van der Waals surface area contributed by atoms with E-state index in [4.69, 9.17) is 0 Å². The first kappa shape index (κ1) is 23.0. The fourth-order valence-corrected chi connectivity index (χ4v) is 7.44. The molecule has 5 rings (SSSR count). The second-order valence-corrected chi connectivity index (χ2v) is 10.8. The first-order chi connectivity index (χ1) is 16.3. The second kappa shape index (κ2) is 8.77. The van der Waals surface area contributed by atoms with Gasteiger partial charge in [0.2, 0.25) is 5.91 Å². The molecule has 1 N–H and O–H groups in total.